The van der Waals surface area contributed by atoms with Crippen molar-refractivity contribution in [2.75, 3.05) is 11.9 Å². The molecule has 0 radical (unpaired) electrons. The zero-order valence-corrected chi connectivity index (χ0v) is 9.64. The van der Waals surface area contributed by atoms with Crippen molar-refractivity contribution in [3.8, 4) is 18.1 Å². The minimum atomic E-state index is 0.118. The van der Waals surface area contributed by atoms with Crippen LogP contribution in [-0.2, 0) is 0 Å². The number of terminal acetylenes is 1. The number of anilines is 1. The van der Waals surface area contributed by atoms with Gasteiger partial charge < -0.3 is 10.1 Å². The molecule has 0 saturated carbocycles. The highest BCUT2D eigenvalue weighted by Crippen LogP contribution is 2.28. The number of nitrogens with one attached hydrogen (secondary N) is 1. The molecule has 15 heavy (non-hydrogen) atoms. The highest BCUT2D eigenvalue weighted by molar-refractivity contribution is 6.32. The summed E-state index contributed by atoms with van der Waals surface area (Å²) >= 11 is 6.04. The fraction of sp³-hybridized carbons (Fsp3) is 0.333. The van der Waals surface area contributed by atoms with Gasteiger partial charge in [0.1, 0.15) is 5.75 Å². The summed E-state index contributed by atoms with van der Waals surface area (Å²) in [5.41, 5.74) is 0.897. The third-order valence-electron chi connectivity index (χ3n) is 1.69. The second kappa shape index (κ2) is 5.53. The van der Waals surface area contributed by atoms with Crippen LogP contribution in [-0.4, -0.2) is 12.6 Å². The number of ether oxygens (including phenoxy) is 1. The Morgan fingerprint density at radius 1 is 1.53 bits per heavy atom. The Morgan fingerprint density at radius 2 is 2.27 bits per heavy atom. The minimum Gasteiger partial charge on any atom is -0.489 e. The molecule has 0 aromatic heterocycles. The molecule has 0 aliphatic rings. The Bertz CT molecular complexity index is 368. The van der Waals surface area contributed by atoms with Crippen LogP contribution < -0.4 is 10.1 Å². The summed E-state index contributed by atoms with van der Waals surface area (Å²) in [5.74, 6) is 3.19. The van der Waals surface area contributed by atoms with Crippen LogP contribution in [0.4, 0.5) is 5.69 Å². The Labute approximate surface area is 95.6 Å². The summed E-state index contributed by atoms with van der Waals surface area (Å²) < 4.78 is 5.50. The van der Waals surface area contributed by atoms with Gasteiger partial charge in [-0.3, -0.25) is 0 Å². The average Bonchev–Trinajstić information content (AvgIpc) is 2.18. The zero-order chi connectivity index (χ0) is 11.3. The van der Waals surface area contributed by atoms with Gasteiger partial charge in [-0.2, -0.15) is 0 Å². The molecule has 0 bridgehead atoms. The highest BCUT2D eigenvalue weighted by Gasteiger charge is 2.04. The first-order chi connectivity index (χ1) is 7.13. The van der Waals surface area contributed by atoms with E-state index in [-0.39, 0.29) is 6.10 Å². The highest BCUT2D eigenvalue weighted by atomic mass is 35.5. The average molecular weight is 224 g/mol. The van der Waals surface area contributed by atoms with E-state index >= 15 is 0 Å². The molecule has 0 heterocycles. The lowest BCUT2D eigenvalue weighted by Gasteiger charge is -2.12. The van der Waals surface area contributed by atoms with Crippen LogP contribution in [0.15, 0.2) is 18.2 Å². The fourth-order valence-electron chi connectivity index (χ4n) is 1.11. The van der Waals surface area contributed by atoms with E-state index in [1.807, 2.05) is 26.0 Å². The maximum Gasteiger partial charge on any atom is 0.138 e. The van der Waals surface area contributed by atoms with Crippen LogP contribution in [0.3, 0.4) is 0 Å². The predicted molar refractivity (Wildman–Crippen MR) is 64.5 cm³/mol. The Kier molecular flexibility index (Phi) is 4.33. The molecule has 0 aliphatic heterocycles. The van der Waals surface area contributed by atoms with E-state index in [9.17, 15) is 0 Å². The standard InChI is InChI=1S/C12H14ClNO/c1-4-7-14-10-5-6-12(11(13)8-10)15-9(2)3/h1,5-6,8-9,14H,7H2,2-3H3. The van der Waals surface area contributed by atoms with Gasteiger partial charge in [0.15, 0.2) is 0 Å². The number of halogens is 1. The van der Waals surface area contributed by atoms with Gasteiger partial charge >= 0.3 is 0 Å². The number of hydrogen-bond acceptors (Lipinski definition) is 2. The third kappa shape index (κ3) is 3.73. The van der Waals surface area contributed by atoms with Gasteiger partial charge in [-0.05, 0) is 32.0 Å². The van der Waals surface area contributed by atoms with Gasteiger partial charge in [0, 0.05) is 5.69 Å². The first kappa shape index (κ1) is 11.7. The van der Waals surface area contributed by atoms with E-state index in [0.717, 1.165) is 5.69 Å². The topological polar surface area (TPSA) is 21.3 Å². The van der Waals surface area contributed by atoms with Crippen molar-refractivity contribution in [1.82, 2.24) is 0 Å². The Hall–Kier alpha value is -1.33. The van der Waals surface area contributed by atoms with Crippen molar-refractivity contribution in [3.63, 3.8) is 0 Å². The monoisotopic (exact) mass is 223 g/mol. The molecule has 0 saturated heterocycles. The van der Waals surface area contributed by atoms with Gasteiger partial charge in [-0.25, -0.2) is 0 Å². The van der Waals surface area contributed by atoms with Crippen LogP contribution >= 0.6 is 11.6 Å². The molecule has 1 aromatic carbocycles. The normalized spacial score (nSPS) is 9.80. The molecule has 1 rings (SSSR count). The first-order valence-corrected chi connectivity index (χ1v) is 5.15. The fourth-order valence-corrected chi connectivity index (χ4v) is 1.34. The molecule has 0 aliphatic carbocycles. The largest absolute Gasteiger partial charge is 0.489 e. The van der Waals surface area contributed by atoms with Crippen LogP contribution in [0.5, 0.6) is 5.75 Å². The van der Waals surface area contributed by atoms with Gasteiger partial charge in [0.2, 0.25) is 0 Å². The van der Waals surface area contributed by atoms with Crippen molar-refractivity contribution in [2.45, 2.75) is 20.0 Å². The van der Waals surface area contributed by atoms with Crippen LogP contribution in [0.2, 0.25) is 5.02 Å². The van der Waals surface area contributed by atoms with Crippen molar-refractivity contribution < 1.29 is 4.74 Å². The molecule has 0 atom stereocenters. The molecule has 1 N–H and O–H groups in total. The van der Waals surface area contributed by atoms with Crippen LogP contribution in [0, 0.1) is 12.3 Å². The summed E-state index contributed by atoms with van der Waals surface area (Å²) in [4.78, 5) is 0. The third-order valence-corrected chi connectivity index (χ3v) is 1.98. The maximum atomic E-state index is 6.04. The molecular formula is C12H14ClNO. The van der Waals surface area contributed by atoms with Crippen molar-refractivity contribution in [2.24, 2.45) is 0 Å². The number of benzene rings is 1. The molecule has 3 heteroatoms. The van der Waals surface area contributed by atoms with Crippen LogP contribution in [0.1, 0.15) is 13.8 Å². The molecule has 0 unspecified atom stereocenters. The molecule has 0 amide bonds. The lowest BCUT2D eigenvalue weighted by atomic mass is 10.3. The summed E-state index contributed by atoms with van der Waals surface area (Å²) in [5, 5.41) is 3.63. The second-order valence-corrected chi connectivity index (χ2v) is 3.78. The van der Waals surface area contributed by atoms with Gasteiger partial charge in [-0.1, -0.05) is 17.5 Å². The zero-order valence-electron chi connectivity index (χ0n) is 8.88. The van der Waals surface area contributed by atoms with Crippen molar-refractivity contribution >= 4 is 17.3 Å². The lowest BCUT2D eigenvalue weighted by molar-refractivity contribution is 0.242. The smallest absolute Gasteiger partial charge is 0.138 e. The number of rotatable bonds is 4. The first-order valence-electron chi connectivity index (χ1n) is 4.77. The second-order valence-electron chi connectivity index (χ2n) is 3.37. The van der Waals surface area contributed by atoms with E-state index in [0.29, 0.717) is 17.3 Å². The molecule has 0 fully saturated rings. The van der Waals surface area contributed by atoms with Gasteiger partial charge in [0.25, 0.3) is 0 Å². The molecule has 0 spiro atoms. The maximum absolute atomic E-state index is 6.04. The summed E-state index contributed by atoms with van der Waals surface area (Å²) in [7, 11) is 0. The summed E-state index contributed by atoms with van der Waals surface area (Å²) in [6.45, 7) is 4.41. The molecule has 1 aromatic rings. The van der Waals surface area contributed by atoms with Crippen LogP contribution in [0.25, 0.3) is 0 Å². The van der Waals surface area contributed by atoms with E-state index in [1.54, 1.807) is 6.07 Å². The van der Waals surface area contributed by atoms with E-state index < -0.39 is 0 Å². The minimum absolute atomic E-state index is 0.118. The molecule has 80 valence electrons. The lowest BCUT2D eigenvalue weighted by Crippen LogP contribution is -2.06. The van der Waals surface area contributed by atoms with Crippen molar-refractivity contribution in [3.05, 3.63) is 23.2 Å². The van der Waals surface area contributed by atoms with Gasteiger partial charge in [-0.15, -0.1) is 6.42 Å². The molecular weight excluding hydrogens is 210 g/mol. The predicted octanol–water partition coefficient (Wildman–Crippen LogP) is 3.17. The van der Waals surface area contributed by atoms with Crippen molar-refractivity contribution in [1.29, 1.82) is 0 Å². The quantitative estimate of drug-likeness (QED) is 0.792. The Balaban J connectivity index is 2.75. The van der Waals surface area contributed by atoms with Gasteiger partial charge in [0.05, 0.1) is 17.7 Å². The Morgan fingerprint density at radius 3 is 2.80 bits per heavy atom. The summed E-state index contributed by atoms with van der Waals surface area (Å²) in [6.07, 6.45) is 5.26. The van der Waals surface area contributed by atoms with E-state index in [1.165, 1.54) is 0 Å². The molecule has 2 nitrogen and oxygen atoms in total. The van der Waals surface area contributed by atoms with E-state index in [2.05, 4.69) is 11.2 Å². The van der Waals surface area contributed by atoms with E-state index in [4.69, 9.17) is 22.8 Å². The SMILES string of the molecule is C#CCNc1ccc(OC(C)C)c(Cl)c1. The number of hydrogen-bond donors (Lipinski definition) is 1. The summed E-state index contributed by atoms with van der Waals surface area (Å²) in [6, 6.07) is 5.53.